The molecule has 78 valence electrons. The van der Waals surface area contributed by atoms with Crippen molar-refractivity contribution in [3.63, 3.8) is 0 Å². The second kappa shape index (κ2) is 3.08. The third-order valence-corrected chi connectivity index (χ3v) is 2.37. The second-order valence-electron chi connectivity index (χ2n) is 3.85. The van der Waals surface area contributed by atoms with Gasteiger partial charge in [0.25, 0.3) is 0 Å². The molecule has 1 aliphatic rings. The van der Waals surface area contributed by atoms with Gasteiger partial charge in [0, 0.05) is 6.20 Å². The van der Waals surface area contributed by atoms with Crippen LogP contribution in [0.15, 0.2) is 36.7 Å². The van der Waals surface area contributed by atoms with Crippen LogP contribution in [0.5, 0.6) is 0 Å². The summed E-state index contributed by atoms with van der Waals surface area (Å²) in [5.41, 5.74) is -0.0552. The molecule has 1 amide bonds. The monoisotopic (exact) mass is 204 g/mol. The fourth-order valence-electron chi connectivity index (χ4n) is 1.42. The zero-order valence-corrected chi connectivity index (χ0v) is 8.73. The van der Waals surface area contributed by atoms with Gasteiger partial charge in [-0.3, -0.25) is 0 Å². The number of cyclic esters (lactones) is 1. The van der Waals surface area contributed by atoms with Crippen molar-refractivity contribution in [3.05, 3.63) is 36.7 Å². The van der Waals surface area contributed by atoms with Gasteiger partial charge in [-0.05, 0) is 26.0 Å². The van der Waals surface area contributed by atoms with E-state index in [1.807, 2.05) is 6.07 Å². The average Bonchev–Trinajstić information content (AvgIpc) is 2.38. The number of carbonyl (C=O) groups is 1. The minimum atomic E-state index is -0.658. The Morgan fingerprint density at radius 2 is 2.20 bits per heavy atom. The molecule has 0 unspecified atom stereocenters. The maximum atomic E-state index is 11.6. The van der Waals surface area contributed by atoms with E-state index in [1.54, 1.807) is 32.2 Å². The first-order valence-corrected chi connectivity index (χ1v) is 4.66. The molecular formula is C11H12N2O2. The van der Waals surface area contributed by atoms with Gasteiger partial charge in [0.1, 0.15) is 11.4 Å². The standard InChI is InChI=1S/C11H12N2O2/c1-8-11(2,3)15-10(14)13(8)9-6-4-5-7-12-9/h4-7H,1H2,2-3H3. The molecule has 1 aliphatic heterocycles. The number of hydrogen-bond donors (Lipinski definition) is 0. The highest BCUT2D eigenvalue weighted by Gasteiger charge is 2.43. The third kappa shape index (κ3) is 1.48. The van der Waals surface area contributed by atoms with Crippen molar-refractivity contribution in [1.29, 1.82) is 0 Å². The lowest BCUT2D eigenvalue weighted by molar-refractivity contribution is 0.0987. The summed E-state index contributed by atoms with van der Waals surface area (Å²) in [5.74, 6) is 0.540. The van der Waals surface area contributed by atoms with Gasteiger partial charge < -0.3 is 4.74 Å². The van der Waals surface area contributed by atoms with Crippen LogP contribution < -0.4 is 4.90 Å². The van der Waals surface area contributed by atoms with Crippen LogP contribution in [0, 0.1) is 0 Å². The highest BCUT2D eigenvalue weighted by atomic mass is 16.6. The van der Waals surface area contributed by atoms with Crippen LogP contribution in [0.3, 0.4) is 0 Å². The van der Waals surface area contributed by atoms with Gasteiger partial charge >= 0.3 is 6.09 Å². The molecule has 0 aromatic carbocycles. The third-order valence-electron chi connectivity index (χ3n) is 2.37. The fourth-order valence-corrected chi connectivity index (χ4v) is 1.42. The van der Waals surface area contributed by atoms with Crippen LogP contribution in [0.25, 0.3) is 0 Å². The molecule has 0 saturated carbocycles. The Balaban J connectivity index is 2.40. The maximum Gasteiger partial charge on any atom is 0.420 e. The Kier molecular flexibility index (Phi) is 2.00. The summed E-state index contributed by atoms with van der Waals surface area (Å²) in [4.78, 5) is 17.1. The number of ether oxygens (including phenoxy) is 1. The predicted octanol–water partition coefficient (Wildman–Crippen LogP) is 2.33. The van der Waals surface area contributed by atoms with E-state index in [1.165, 1.54) is 4.90 Å². The van der Waals surface area contributed by atoms with Crippen LogP contribution in [-0.4, -0.2) is 16.7 Å². The summed E-state index contributed by atoms with van der Waals surface area (Å²) in [6.45, 7) is 7.46. The largest absolute Gasteiger partial charge is 0.436 e. The van der Waals surface area contributed by atoms with Crippen LogP contribution in [0.1, 0.15) is 13.8 Å². The lowest BCUT2D eigenvalue weighted by Gasteiger charge is -2.18. The number of hydrogen-bond acceptors (Lipinski definition) is 3. The first-order valence-electron chi connectivity index (χ1n) is 4.66. The quantitative estimate of drug-likeness (QED) is 0.705. The average molecular weight is 204 g/mol. The number of carbonyl (C=O) groups excluding carboxylic acids is 1. The molecule has 0 atom stereocenters. The molecule has 2 rings (SSSR count). The first-order chi connectivity index (χ1) is 7.02. The van der Waals surface area contributed by atoms with E-state index in [4.69, 9.17) is 4.74 Å². The van der Waals surface area contributed by atoms with Crippen LogP contribution in [0.4, 0.5) is 10.6 Å². The topological polar surface area (TPSA) is 42.4 Å². The summed E-state index contributed by atoms with van der Waals surface area (Å²) < 4.78 is 5.18. The Hall–Kier alpha value is -1.84. The first kappa shape index (κ1) is 9.71. The zero-order valence-electron chi connectivity index (χ0n) is 8.73. The maximum absolute atomic E-state index is 11.6. The van der Waals surface area contributed by atoms with Gasteiger partial charge in [0.2, 0.25) is 0 Å². The number of nitrogens with zero attached hydrogens (tertiary/aromatic N) is 2. The molecule has 0 bridgehead atoms. The molecule has 1 aromatic heterocycles. The predicted molar refractivity (Wildman–Crippen MR) is 56.4 cm³/mol. The lowest BCUT2D eigenvalue weighted by atomic mass is 10.1. The van der Waals surface area contributed by atoms with Gasteiger partial charge in [0.15, 0.2) is 0 Å². The molecule has 0 aliphatic carbocycles. The van der Waals surface area contributed by atoms with E-state index in [9.17, 15) is 4.79 Å². The Bertz CT molecular complexity index is 412. The van der Waals surface area contributed by atoms with Gasteiger partial charge in [-0.25, -0.2) is 14.7 Å². The van der Waals surface area contributed by atoms with Crippen LogP contribution in [-0.2, 0) is 4.74 Å². The van der Waals surface area contributed by atoms with Crippen LogP contribution in [0.2, 0.25) is 0 Å². The molecule has 1 saturated heterocycles. The highest BCUT2D eigenvalue weighted by molar-refractivity contribution is 5.93. The zero-order chi connectivity index (χ0) is 11.1. The summed E-state index contributed by atoms with van der Waals surface area (Å²) in [6.07, 6.45) is 1.20. The van der Waals surface area contributed by atoms with E-state index >= 15 is 0 Å². The number of anilines is 1. The Morgan fingerprint density at radius 3 is 2.67 bits per heavy atom. The SMILES string of the molecule is C=C1N(c2ccccn2)C(=O)OC1(C)C. The highest BCUT2D eigenvalue weighted by Crippen LogP contribution is 2.34. The molecule has 0 spiro atoms. The molecular weight excluding hydrogens is 192 g/mol. The van der Waals surface area contributed by atoms with E-state index in [0.29, 0.717) is 11.5 Å². The number of amides is 1. The second-order valence-corrected chi connectivity index (χ2v) is 3.85. The van der Waals surface area contributed by atoms with Crippen molar-refractivity contribution in [2.24, 2.45) is 0 Å². The van der Waals surface area contributed by atoms with Gasteiger partial charge in [-0.1, -0.05) is 12.6 Å². The van der Waals surface area contributed by atoms with E-state index in [2.05, 4.69) is 11.6 Å². The summed E-state index contributed by atoms with van der Waals surface area (Å²) >= 11 is 0. The summed E-state index contributed by atoms with van der Waals surface area (Å²) in [6, 6.07) is 5.35. The molecule has 4 heteroatoms. The van der Waals surface area contributed by atoms with Crippen molar-refractivity contribution < 1.29 is 9.53 Å². The normalized spacial score (nSPS) is 19.2. The molecule has 4 nitrogen and oxygen atoms in total. The van der Waals surface area contributed by atoms with E-state index < -0.39 is 11.7 Å². The fraction of sp³-hybridized carbons (Fsp3) is 0.273. The van der Waals surface area contributed by atoms with E-state index in [0.717, 1.165) is 0 Å². The van der Waals surface area contributed by atoms with Crippen LogP contribution >= 0.6 is 0 Å². The van der Waals surface area contributed by atoms with Crippen molar-refractivity contribution in [1.82, 2.24) is 4.98 Å². The summed E-state index contributed by atoms with van der Waals surface area (Å²) in [5, 5.41) is 0. The number of pyridine rings is 1. The molecule has 1 aromatic rings. The number of rotatable bonds is 1. The molecule has 15 heavy (non-hydrogen) atoms. The van der Waals surface area contributed by atoms with Crippen molar-refractivity contribution in [2.45, 2.75) is 19.4 Å². The summed E-state index contributed by atoms with van der Waals surface area (Å²) in [7, 11) is 0. The lowest BCUT2D eigenvalue weighted by Crippen LogP contribution is -2.25. The minimum absolute atomic E-state index is 0.427. The van der Waals surface area contributed by atoms with E-state index in [-0.39, 0.29) is 0 Å². The molecule has 2 heterocycles. The molecule has 0 radical (unpaired) electrons. The van der Waals surface area contributed by atoms with Crippen molar-refractivity contribution in [3.8, 4) is 0 Å². The van der Waals surface area contributed by atoms with Gasteiger partial charge in [-0.15, -0.1) is 0 Å². The molecule has 1 fully saturated rings. The smallest absolute Gasteiger partial charge is 0.420 e. The van der Waals surface area contributed by atoms with Crippen molar-refractivity contribution in [2.75, 3.05) is 4.90 Å². The van der Waals surface area contributed by atoms with Gasteiger partial charge in [-0.2, -0.15) is 0 Å². The Morgan fingerprint density at radius 1 is 1.47 bits per heavy atom. The van der Waals surface area contributed by atoms with Gasteiger partial charge in [0.05, 0.1) is 5.70 Å². The minimum Gasteiger partial charge on any atom is -0.436 e. The number of aromatic nitrogens is 1. The molecule has 0 N–H and O–H groups in total. The van der Waals surface area contributed by atoms with Crippen molar-refractivity contribution >= 4 is 11.9 Å². The Labute approximate surface area is 88.2 Å².